The fourth-order valence-corrected chi connectivity index (χ4v) is 3.72. The van der Waals surface area contributed by atoms with Crippen LogP contribution in [0.25, 0.3) is 0 Å². The standard InChI is InChI=1S/C16H18N2O3S/c19-22(20,18-15-8-4-5-11-17-15)16(9-10-16)13-21-12-14-6-2-1-3-7-14/h1-8,11H,9-10,12-13H2,(H,17,18). The van der Waals surface area contributed by atoms with Gasteiger partial charge < -0.3 is 4.74 Å². The molecule has 2 aromatic rings. The SMILES string of the molecule is O=S(=O)(Nc1ccccn1)C1(COCc2ccccc2)CC1. The molecule has 1 aromatic heterocycles. The second kappa shape index (κ2) is 6.06. The largest absolute Gasteiger partial charge is 0.375 e. The number of ether oxygens (including phenoxy) is 1. The Labute approximate surface area is 130 Å². The van der Waals surface area contributed by atoms with Crippen LogP contribution in [0.1, 0.15) is 18.4 Å². The van der Waals surface area contributed by atoms with E-state index in [-0.39, 0.29) is 6.61 Å². The molecule has 0 unspecified atom stereocenters. The number of aromatic nitrogens is 1. The number of hydrogen-bond donors (Lipinski definition) is 1. The number of benzene rings is 1. The Morgan fingerprint density at radius 1 is 1.09 bits per heavy atom. The van der Waals surface area contributed by atoms with Crippen molar-refractivity contribution in [2.24, 2.45) is 0 Å². The number of nitrogens with one attached hydrogen (secondary N) is 1. The van der Waals surface area contributed by atoms with Gasteiger partial charge >= 0.3 is 0 Å². The Kier molecular flexibility index (Phi) is 4.13. The van der Waals surface area contributed by atoms with Gasteiger partial charge in [-0.15, -0.1) is 0 Å². The second-order valence-corrected chi connectivity index (χ2v) is 7.56. The molecule has 0 radical (unpaired) electrons. The van der Waals surface area contributed by atoms with E-state index in [2.05, 4.69) is 9.71 Å². The van der Waals surface area contributed by atoms with Gasteiger partial charge in [0.25, 0.3) is 0 Å². The lowest BCUT2D eigenvalue weighted by atomic mass is 10.2. The molecule has 1 N–H and O–H groups in total. The van der Waals surface area contributed by atoms with Crippen molar-refractivity contribution in [1.82, 2.24) is 4.98 Å². The van der Waals surface area contributed by atoms with E-state index in [1.807, 2.05) is 30.3 Å². The molecule has 0 saturated heterocycles. The lowest BCUT2D eigenvalue weighted by Gasteiger charge is -2.17. The van der Waals surface area contributed by atoms with Gasteiger partial charge in [0.1, 0.15) is 10.6 Å². The Morgan fingerprint density at radius 3 is 2.45 bits per heavy atom. The van der Waals surface area contributed by atoms with E-state index in [4.69, 9.17) is 4.74 Å². The van der Waals surface area contributed by atoms with Crippen molar-refractivity contribution in [3.8, 4) is 0 Å². The van der Waals surface area contributed by atoms with Gasteiger partial charge in [-0.3, -0.25) is 4.72 Å². The molecule has 5 nitrogen and oxygen atoms in total. The van der Waals surface area contributed by atoms with Crippen LogP contribution in [0.2, 0.25) is 0 Å². The number of rotatable bonds is 7. The van der Waals surface area contributed by atoms with Gasteiger partial charge in [0.15, 0.2) is 0 Å². The van der Waals surface area contributed by atoms with E-state index in [0.717, 1.165) is 5.56 Å². The van der Waals surface area contributed by atoms with Crippen molar-refractivity contribution in [2.75, 3.05) is 11.3 Å². The summed E-state index contributed by atoms with van der Waals surface area (Å²) < 4.78 is 32.4. The first kappa shape index (κ1) is 15.0. The predicted octanol–water partition coefficient (Wildman–Crippen LogP) is 2.57. The smallest absolute Gasteiger partial charge is 0.241 e. The third-order valence-corrected chi connectivity index (χ3v) is 5.90. The second-order valence-electron chi connectivity index (χ2n) is 5.48. The average Bonchev–Trinajstić information content (AvgIpc) is 3.31. The van der Waals surface area contributed by atoms with Crippen molar-refractivity contribution >= 4 is 15.8 Å². The summed E-state index contributed by atoms with van der Waals surface area (Å²) in [6.07, 6.45) is 2.79. The van der Waals surface area contributed by atoms with Crippen molar-refractivity contribution < 1.29 is 13.2 Å². The number of pyridine rings is 1. The molecule has 0 atom stereocenters. The number of sulfonamides is 1. The maximum Gasteiger partial charge on any atom is 0.241 e. The van der Waals surface area contributed by atoms with Crippen LogP contribution in [-0.4, -0.2) is 24.8 Å². The fraction of sp³-hybridized carbons (Fsp3) is 0.312. The van der Waals surface area contributed by atoms with E-state index in [1.165, 1.54) is 0 Å². The Balaban J connectivity index is 1.60. The highest BCUT2D eigenvalue weighted by molar-refractivity contribution is 7.94. The van der Waals surface area contributed by atoms with Gasteiger partial charge in [0.05, 0.1) is 13.2 Å². The number of hydrogen-bond acceptors (Lipinski definition) is 4. The van der Waals surface area contributed by atoms with Crippen molar-refractivity contribution in [3.63, 3.8) is 0 Å². The molecule has 1 aliphatic rings. The van der Waals surface area contributed by atoms with E-state index in [0.29, 0.717) is 25.3 Å². The molecule has 0 spiro atoms. The summed E-state index contributed by atoms with van der Waals surface area (Å²) >= 11 is 0. The van der Waals surface area contributed by atoms with Crippen molar-refractivity contribution in [1.29, 1.82) is 0 Å². The maximum atomic E-state index is 12.5. The maximum absolute atomic E-state index is 12.5. The first-order valence-electron chi connectivity index (χ1n) is 7.16. The zero-order valence-electron chi connectivity index (χ0n) is 12.1. The molecule has 0 bridgehead atoms. The highest BCUT2D eigenvalue weighted by Crippen LogP contribution is 2.44. The topological polar surface area (TPSA) is 68.3 Å². The summed E-state index contributed by atoms with van der Waals surface area (Å²) in [5.41, 5.74) is 1.04. The molecule has 116 valence electrons. The molecule has 6 heteroatoms. The van der Waals surface area contributed by atoms with Crippen LogP contribution >= 0.6 is 0 Å². The summed E-state index contributed by atoms with van der Waals surface area (Å²) in [5.74, 6) is 0.344. The van der Waals surface area contributed by atoms with Crippen LogP contribution < -0.4 is 4.72 Å². The molecule has 3 rings (SSSR count). The summed E-state index contributed by atoms with van der Waals surface area (Å²) in [4.78, 5) is 4.00. The number of anilines is 1. The Bertz CT molecular complexity index is 714. The molecular formula is C16H18N2O3S. The average molecular weight is 318 g/mol. The fourth-order valence-electron chi connectivity index (χ4n) is 2.23. The quantitative estimate of drug-likeness (QED) is 0.852. The lowest BCUT2D eigenvalue weighted by Crippen LogP contribution is -2.34. The van der Waals surface area contributed by atoms with Crippen molar-refractivity contribution in [2.45, 2.75) is 24.2 Å². The first-order chi connectivity index (χ1) is 10.6. The van der Waals surface area contributed by atoms with Crippen LogP contribution in [0.4, 0.5) is 5.82 Å². The molecule has 0 aliphatic heterocycles. The zero-order chi connectivity index (χ0) is 15.5. The third kappa shape index (κ3) is 3.28. The van der Waals surface area contributed by atoms with E-state index >= 15 is 0 Å². The van der Waals surface area contributed by atoms with Gasteiger partial charge in [-0.05, 0) is 30.5 Å². The normalized spacial score (nSPS) is 16.2. The zero-order valence-corrected chi connectivity index (χ0v) is 12.9. The highest BCUT2D eigenvalue weighted by Gasteiger charge is 2.55. The summed E-state index contributed by atoms with van der Waals surface area (Å²) in [5, 5.41) is 0. The summed E-state index contributed by atoms with van der Waals surface area (Å²) in [7, 11) is -3.49. The minimum Gasteiger partial charge on any atom is -0.375 e. The highest BCUT2D eigenvalue weighted by atomic mass is 32.2. The van der Waals surface area contributed by atoms with Gasteiger partial charge in [-0.2, -0.15) is 0 Å². The van der Waals surface area contributed by atoms with E-state index < -0.39 is 14.8 Å². The Hall–Kier alpha value is -1.92. The molecule has 1 saturated carbocycles. The van der Waals surface area contributed by atoms with Crippen LogP contribution in [-0.2, 0) is 21.4 Å². The van der Waals surface area contributed by atoms with Crippen LogP contribution in [0.15, 0.2) is 54.7 Å². The van der Waals surface area contributed by atoms with Gasteiger partial charge in [-0.25, -0.2) is 13.4 Å². The monoisotopic (exact) mass is 318 g/mol. The first-order valence-corrected chi connectivity index (χ1v) is 8.65. The summed E-state index contributed by atoms with van der Waals surface area (Å²) in [6, 6.07) is 14.9. The van der Waals surface area contributed by atoms with Gasteiger partial charge in [-0.1, -0.05) is 36.4 Å². The van der Waals surface area contributed by atoms with E-state index in [9.17, 15) is 8.42 Å². The molecule has 1 fully saturated rings. The van der Waals surface area contributed by atoms with Crippen molar-refractivity contribution in [3.05, 3.63) is 60.3 Å². The minimum atomic E-state index is -3.49. The minimum absolute atomic E-state index is 0.198. The molecular weight excluding hydrogens is 300 g/mol. The molecule has 1 heterocycles. The number of nitrogens with zero attached hydrogens (tertiary/aromatic N) is 1. The van der Waals surface area contributed by atoms with Gasteiger partial charge in [0, 0.05) is 6.20 Å². The van der Waals surface area contributed by atoms with E-state index in [1.54, 1.807) is 24.4 Å². The third-order valence-electron chi connectivity index (χ3n) is 3.76. The predicted molar refractivity (Wildman–Crippen MR) is 84.8 cm³/mol. The summed E-state index contributed by atoms with van der Waals surface area (Å²) in [6.45, 7) is 0.617. The molecule has 1 aromatic carbocycles. The molecule has 0 amide bonds. The van der Waals surface area contributed by atoms with Crippen LogP contribution in [0, 0.1) is 0 Å². The molecule has 22 heavy (non-hydrogen) atoms. The lowest BCUT2D eigenvalue weighted by molar-refractivity contribution is 0.116. The Morgan fingerprint density at radius 2 is 1.82 bits per heavy atom. The molecule has 1 aliphatic carbocycles. The van der Waals surface area contributed by atoms with Gasteiger partial charge in [0.2, 0.25) is 10.0 Å². The van der Waals surface area contributed by atoms with Crippen LogP contribution in [0.5, 0.6) is 0 Å². The van der Waals surface area contributed by atoms with Crippen LogP contribution in [0.3, 0.4) is 0 Å².